The minimum Gasteiger partial charge on any atom is -0.309 e. The molecule has 300 valence electrons. The zero-order chi connectivity index (χ0) is 42.1. The van der Waals surface area contributed by atoms with E-state index in [1.54, 1.807) is 0 Å². The van der Waals surface area contributed by atoms with Gasteiger partial charge in [-0.2, -0.15) is 0 Å². The van der Waals surface area contributed by atoms with Crippen molar-refractivity contribution in [3.8, 4) is 67.8 Å². The summed E-state index contributed by atoms with van der Waals surface area (Å²) >= 11 is 0. The van der Waals surface area contributed by atoms with Gasteiger partial charge in [0.2, 0.25) is 5.95 Å². The SMILES string of the molecule is c1ccc(-c2cc(-c3ccccc3)nc(-c3cc4c5c6c(cc(-n7c8ccccc8c8ccccc87)cc6n(-c6nc(-c7ccccc7)cc(-c7ccccc7)n6)c5c3)CC4)c2)cc1. The third-order valence-corrected chi connectivity index (χ3v) is 13.0. The van der Waals surface area contributed by atoms with E-state index >= 15 is 0 Å². The molecule has 5 nitrogen and oxygen atoms in total. The van der Waals surface area contributed by atoms with Gasteiger partial charge in [0, 0.05) is 49.5 Å². The zero-order valence-electron chi connectivity index (χ0n) is 34.9. The van der Waals surface area contributed by atoms with Crippen LogP contribution in [0, 0.1) is 0 Å². The summed E-state index contributed by atoms with van der Waals surface area (Å²) in [6.07, 6.45) is 1.81. The van der Waals surface area contributed by atoms with Gasteiger partial charge in [-0.1, -0.05) is 158 Å². The van der Waals surface area contributed by atoms with Crippen LogP contribution in [-0.2, 0) is 12.8 Å². The van der Waals surface area contributed by atoms with E-state index in [0.29, 0.717) is 5.95 Å². The van der Waals surface area contributed by atoms with Crippen molar-refractivity contribution in [3.05, 3.63) is 223 Å². The van der Waals surface area contributed by atoms with Gasteiger partial charge in [0.05, 0.1) is 44.8 Å². The van der Waals surface area contributed by atoms with Crippen molar-refractivity contribution >= 4 is 43.6 Å². The summed E-state index contributed by atoms with van der Waals surface area (Å²) in [6.45, 7) is 0. The molecular formula is C59H39N5. The van der Waals surface area contributed by atoms with Crippen molar-refractivity contribution in [2.24, 2.45) is 0 Å². The largest absolute Gasteiger partial charge is 0.309 e. The Bertz CT molecular complexity index is 3590. The number of rotatable bonds is 7. The monoisotopic (exact) mass is 817 g/mol. The zero-order valence-corrected chi connectivity index (χ0v) is 34.9. The first-order valence-electron chi connectivity index (χ1n) is 22.0. The van der Waals surface area contributed by atoms with Crippen LogP contribution in [0.2, 0.25) is 0 Å². The molecule has 0 bridgehead atoms. The Kier molecular flexibility index (Phi) is 8.28. The molecule has 0 atom stereocenters. The highest BCUT2D eigenvalue weighted by atomic mass is 15.2. The number of aromatic nitrogens is 5. The second-order valence-electron chi connectivity index (χ2n) is 16.8. The maximum absolute atomic E-state index is 5.48. The Hall–Kier alpha value is -8.41. The molecule has 12 aromatic rings. The van der Waals surface area contributed by atoms with Crippen LogP contribution in [0.4, 0.5) is 0 Å². The Balaban J connectivity index is 1.14. The fourth-order valence-corrected chi connectivity index (χ4v) is 10.1. The fraction of sp³-hybridized carbons (Fsp3) is 0.0339. The summed E-state index contributed by atoms with van der Waals surface area (Å²) in [4.78, 5) is 16.4. The number of hydrogen-bond acceptors (Lipinski definition) is 3. The summed E-state index contributed by atoms with van der Waals surface area (Å²) in [6, 6.07) is 75.7. The molecule has 5 heteroatoms. The van der Waals surface area contributed by atoms with E-state index in [-0.39, 0.29) is 0 Å². The highest BCUT2D eigenvalue weighted by Gasteiger charge is 2.27. The molecule has 4 heterocycles. The lowest BCUT2D eigenvalue weighted by atomic mass is 9.89. The van der Waals surface area contributed by atoms with Gasteiger partial charge in [0.15, 0.2) is 0 Å². The van der Waals surface area contributed by atoms with E-state index in [2.05, 4.69) is 221 Å². The van der Waals surface area contributed by atoms with Gasteiger partial charge in [-0.15, -0.1) is 0 Å². The molecule has 0 saturated heterocycles. The average Bonchev–Trinajstić information content (AvgIpc) is 3.89. The predicted molar refractivity (Wildman–Crippen MR) is 263 cm³/mol. The summed E-state index contributed by atoms with van der Waals surface area (Å²) in [5.41, 5.74) is 18.4. The minimum absolute atomic E-state index is 0.631. The third-order valence-electron chi connectivity index (χ3n) is 13.0. The summed E-state index contributed by atoms with van der Waals surface area (Å²) in [5, 5.41) is 5.00. The van der Waals surface area contributed by atoms with Crippen LogP contribution in [0.5, 0.6) is 0 Å². The molecule has 0 spiro atoms. The van der Waals surface area contributed by atoms with Crippen molar-refractivity contribution in [2.45, 2.75) is 12.8 Å². The molecule has 0 radical (unpaired) electrons. The summed E-state index contributed by atoms with van der Waals surface area (Å²) in [5.74, 6) is 0.631. The highest BCUT2D eigenvalue weighted by molar-refractivity contribution is 6.15. The molecule has 0 unspecified atom stereocenters. The van der Waals surface area contributed by atoms with E-state index in [1.807, 2.05) is 0 Å². The molecule has 8 aromatic carbocycles. The number of nitrogens with zero attached hydrogens (tertiary/aromatic N) is 5. The van der Waals surface area contributed by atoms with E-state index < -0.39 is 0 Å². The van der Waals surface area contributed by atoms with Crippen LogP contribution < -0.4 is 0 Å². The van der Waals surface area contributed by atoms with Gasteiger partial charge in [-0.05, 0) is 89.7 Å². The lowest BCUT2D eigenvalue weighted by Crippen LogP contribution is -2.05. The van der Waals surface area contributed by atoms with E-state index in [4.69, 9.17) is 15.0 Å². The molecule has 64 heavy (non-hydrogen) atoms. The van der Waals surface area contributed by atoms with Crippen molar-refractivity contribution in [1.29, 1.82) is 0 Å². The second-order valence-corrected chi connectivity index (χ2v) is 16.8. The van der Waals surface area contributed by atoms with Gasteiger partial charge in [0.1, 0.15) is 0 Å². The molecule has 0 N–H and O–H groups in total. The van der Waals surface area contributed by atoms with Crippen LogP contribution in [0.3, 0.4) is 0 Å². The average molecular weight is 818 g/mol. The van der Waals surface area contributed by atoms with E-state index in [1.165, 1.54) is 43.7 Å². The maximum atomic E-state index is 5.48. The smallest absolute Gasteiger partial charge is 0.235 e. The topological polar surface area (TPSA) is 48.5 Å². The quantitative estimate of drug-likeness (QED) is 0.161. The first-order chi connectivity index (χ1) is 31.7. The fourth-order valence-electron chi connectivity index (χ4n) is 10.1. The van der Waals surface area contributed by atoms with Crippen molar-refractivity contribution < 1.29 is 0 Å². The van der Waals surface area contributed by atoms with Crippen LogP contribution in [0.15, 0.2) is 212 Å². The number of benzene rings is 8. The van der Waals surface area contributed by atoms with Gasteiger partial charge < -0.3 is 4.57 Å². The molecule has 0 aliphatic heterocycles. The lowest BCUT2D eigenvalue weighted by molar-refractivity contribution is 0.966. The standard InChI is InChI=1S/C59H39N5/c1-5-17-38(18-6-1)44-33-49(39-19-7-2-8-20-39)60-50(34-44)45-31-42-29-30-43-32-46(63-53-27-15-13-25-47(53)48-26-14-16-28-54(48)63)36-56-58(43)57(42)55(35-45)64(56)59-61-51(40-21-9-3-10-22-40)37-52(62-59)41-23-11-4-12-24-41/h1-28,31-37H,29-30H2. The number of pyridine rings is 1. The van der Waals surface area contributed by atoms with Crippen LogP contribution in [0.25, 0.3) is 111 Å². The summed E-state index contributed by atoms with van der Waals surface area (Å²) in [7, 11) is 0. The van der Waals surface area contributed by atoms with Crippen molar-refractivity contribution in [1.82, 2.24) is 24.1 Å². The van der Waals surface area contributed by atoms with Gasteiger partial charge in [-0.25, -0.2) is 15.0 Å². The molecule has 4 aromatic heterocycles. The van der Waals surface area contributed by atoms with Gasteiger partial charge in [0.25, 0.3) is 0 Å². The van der Waals surface area contributed by atoms with Crippen molar-refractivity contribution in [2.75, 3.05) is 0 Å². The van der Waals surface area contributed by atoms with Gasteiger partial charge >= 0.3 is 0 Å². The van der Waals surface area contributed by atoms with Crippen LogP contribution >= 0.6 is 0 Å². The third kappa shape index (κ3) is 5.89. The number of hydrogen-bond donors (Lipinski definition) is 0. The molecule has 0 fully saturated rings. The minimum atomic E-state index is 0.631. The van der Waals surface area contributed by atoms with Crippen LogP contribution in [-0.4, -0.2) is 24.1 Å². The highest BCUT2D eigenvalue weighted by Crippen LogP contribution is 2.45. The molecule has 1 aliphatic rings. The Morgan fingerprint density at radius 2 is 0.734 bits per heavy atom. The molecule has 13 rings (SSSR count). The van der Waals surface area contributed by atoms with E-state index in [0.717, 1.165) is 85.7 Å². The normalized spacial score (nSPS) is 12.2. The predicted octanol–water partition coefficient (Wildman–Crippen LogP) is 14.5. The Morgan fingerprint density at radius 3 is 1.28 bits per heavy atom. The lowest BCUT2D eigenvalue weighted by Gasteiger charge is -2.17. The number of para-hydroxylation sites is 2. The Morgan fingerprint density at radius 1 is 0.297 bits per heavy atom. The molecular weight excluding hydrogens is 779 g/mol. The maximum Gasteiger partial charge on any atom is 0.235 e. The second kappa shape index (κ2) is 14.6. The molecule has 1 aliphatic carbocycles. The molecule has 0 saturated carbocycles. The number of aryl methyl sites for hydroxylation is 2. The Labute approximate surface area is 370 Å². The first-order valence-corrected chi connectivity index (χ1v) is 22.0. The van der Waals surface area contributed by atoms with Gasteiger partial charge in [-0.3, -0.25) is 4.57 Å². The molecule has 0 amide bonds. The number of fused-ring (bicyclic) bond motifs is 3. The van der Waals surface area contributed by atoms with Crippen LogP contribution in [0.1, 0.15) is 11.1 Å². The van der Waals surface area contributed by atoms with E-state index in [9.17, 15) is 0 Å². The summed E-state index contributed by atoms with van der Waals surface area (Å²) < 4.78 is 4.77. The first kappa shape index (κ1) is 36.3. The van der Waals surface area contributed by atoms with Crippen molar-refractivity contribution in [3.63, 3.8) is 0 Å².